The molecule has 18 heavy (non-hydrogen) atoms. The van der Waals surface area contributed by atoms with Crippen LogP contribution in [0, 0.1) is 5.92 Å². The summed E-state index contributed by atoms with van der Waals surface area (Å²) in [6.45, 7) is 6.35. The highest BCUT2D eigenvalue weighted by Gasteiger charge is 2.13. The van der Waals surface area contributed by atoms with Gasteiger partial charge in [0.15, 0.2) is 0 Å². The fourth-order valence-electron chi connectivity index (χ4n) is 1.70. The summed E-state index contributed by atoms with van der Waals surface area (Å²) in [6, 6.07) is 5.07. The molecule has 0 bridgehead atoms. The van der Waals surface area contributed by atoms with E-state index in [1.54, 1.807) is 18.2 Å². The van der Waals surface area contributed by atoms with Crippen LogP contribution in [0.15, 0.2) is 18.2 Å². The lowest BCUT2D eigenvalue weighted by atomic mass is 10.0. The van der Waals surface area contributed by atoms with Crippen molar-refractivity contribution in [3.8, 4) is 0 Å². The highest BCUT2D eigenvalue weighted by Crippen LogP contribution is 2.18. The van der Waals surface area contributed by atoms with Gasteiger partial charge in [0, 0.05) is 16.8 Å². The Morgan fingerprint density at radius 3 is 2.56 bits per heavy atom. The summed E-state index contributed by atoms with van der Waals surface area (Å²) in [5, 5.41) is 3.49. The largest absolute Gasteiger partial charge is 0.398 e. The van der Waals surface area contributed by atoms with Crippen LogP contribution in [0.5, 0.6) is 0 Å². The first kappa shape index (κ1) is 14.8. The van der Waals surface area contributed by atoms with E-state index in [4.69, 9.17) is 17.3 Å². The Morgan fingerprint density at radius 1 is 1.33 bits per heavy atom. The average molecular weight is 269 g/mol. The zero-order chi connectivity index (χ0) is 13.7. The number of carbonyl (C=O) groups excluding carboxylic acids is 1. The lowest BCUT2D eigenvalue weighted by molar-refractivity contribution is 0.0938. The average Bonchev–Trinajstić information content (AvgIpc) is 2.26. The van der Waals surface area contributed by atoms with Gasteiger partial charge in [-0.3, -0.25) is 4.79 Å². The van der Waals surface area contributed by atoms with Gasteiger partial charge in [-0.05, 0) is 43.9 Å². The van der Waals surface area contributed by atoms with Gasteiger partial charge >= 0.3 is 0 Å². The number of hydrogen-bond donors (Lipinski definition) is 2. The van der Waals surface area contributed by atoms with Crippen molar-refractivity contribution in [1.82, 2.24) is 5.32 Å². The highest BCUT2D eigenvalue weighted by molar-refractivity contribution is 6.31. The van der Waals surface area contributed by atoms with Crippen LogP contribution in [0.2, 0.25) is 5.02 Å². The van der Waals surface area contributed by atoms with E-state index in [1.165, 1.54) is 0 Å². The van der Waals surface area contributed by atoms with Crippen molar-refractivity contribution in [1.29, 1.82) is 0 Å². The topological polar surface area (TPSA) is 55.1 Å². The maximum Gasteiger partial charge on any atom is 0.253 e. The Balaban J connectivity index is 2.59. The summed E-state index contributed by atoms with van der Waals surface area (Å²) in [6.07, 6.45) is 2.06. The summed E-state index contributed by atoms with van der Waals surface area (Å²) in [7, 11) is 0. The Kier molecular flexibility index (Phi) is 5.48. The third-order valence-corrected chi connectivity index (χ3v) is 3.05. The van der Waals surface area contributed by atoms with Gasteiger partial charge in [-0.2, -0.15) is 0 Å². The fraction of sp³-hybridized carbons (Fsp3) is 0.500. The number of benzene rings is 1. The minimum absolute atomic E-state index is 0.138. The Bertz CT molecular complexity index is 418. The lowest BCUT2D eigenvalue weighted by Gasteiger charge is -2.15. The van der Waals surface area contributed by atoms with Gasteiger partial charge in [-0.1, -0.05) is 25.4 Å². The number of hydrogen-bond acceptors (Lipinski definition) is 2. The molecule has 1 atom stereocenters. The Hall–Kier alpha value is -1.22. The minimum atomic E-state index is -0.138. The molecule has 1 amide bonds. The summed E-state index contributed by atoms with van der Waals surface area (Å²) in [5.41, 5.74) is 6.67. The zero-order valence-corrected chi connectivity index (χ0v) is 11.9. The predicted octanol–water partition coefficient (Wildman–Crippen LogP) is 3.48. The van der Waals surface area contributed by atoms with Gasteiger partial charge in [0.2, 0.25) is 0 Å². The fourth-order valence-corrected chi connectivity index (χ4v) is 1.88. The number of amides is 1. The van der Waals surface area contributed by atoms with Gasteiger partial charge in [0.1, 0.15) is 0 Å². The molecule has 0 heterocycles. The van der Waals surface area contributed by atoms with E-state index < -0.39 is 0 Å². The number of carbonyl (C=O) groups is 1. The highest BCUT2D eigenvalue weighted by atomic mass is 35.5. The molecular formula is C14H21ClN2O. The predicted molar refractivity (Wildman–Crippen MR) is 76.9 cm³/mol. The quantitative estimate of drug-likeness (QED) is 0.804. The van der Waals surface area contributed by atoms with E-state index in [0.29, 0.717) is 22.2 Å². The molecule has 3 N–H and O–H groups in total. The molecule has 0 aliphatic rings. The third kappa shape index (κ3) is 4.57. The second-order valence-corrected chi connectivity index (χ2v) is 5.51. The number of anilines is 1. The van der Waals surface area contributed by atoms with Gasteiger partial charge in [-0.25, -0.2) is 0 Å². The van der Waals surface area contributed by atoms with E-state index in [0.717, 1.165) is 12.8 Å². The molecular weight excluding hydrogens is 248 g/mol. The van der Waals surface area contributed by atoms with Crippen LogP contribution >= 0.6 is 11.6 Å². The number of rotatable bonds is 5. The molecule has 0 aliphatic heterocycles. The summed E-state index contributed by atoms with van der Waals surface area (Å²) in [4.78, 5) is 12.0. The van der Waals surface area contributed by atoms with Crippen LogP contribution in [-0.2, 0) is 0 Å². The molecule has 100 valence electrons. The van der Waals surface area contributed by atoms with Crippen molar-refractivity contribution in [2.75, 3.05) is 5.73 Å². The Morgan fingerprint density at radius 2 is 2.00 bits per heavy atom. The molecule has 4 heteroatoms. The van der Waals surface area contributed by atoms with Crippen LogP contribution in [0.1, 0.15) is 44.0 Å². The van der Waals surface area contributed by atoms with E-state index in [-0.39, 0.29) is 11.9 Å². The van der Waals surface area contributed by atoms with Gasteiger partial charge in [0.25, 0.3) is 5.91 Å². The second kappa shape index (κ2) is 6.64. The van der Waals surface area contributed by atoms with Crippen LogP contribution in [0.25, 0.3) is 0 Å². The molecule has 0 radical (unpaired) electrons. The first-order valence-corrected chi connectivity index (χ1v) is 6.64. The first-order valence-electron chi connectivity index (χ1n) is 6.26. The smallest absolute Gasteiger partial charge is 0.253 e. The van der Waals surface area contributed by atoms with E-state index in [1.807, 2.05) is 6.92 Å². The summed E-state index contributed by atoms with van der Waals surface area (Å²) in [5.74, 6) is 0.505. The van der Waals surface area contributed by atoms with Crippen LogP contribution < -0.4 is 11.1 Å². The van der Waals surface area contributed by atoms with Gasteiger partial charge in [-0.15, -0.1) is 0 Å². The maximum atomic E-state index is 12.0. The second-order valence-electron chi connectivity index (χ2n) is 5.08. The molecule has 0 fully saturated rings. The van der Waals surface area contributed by atoms with Crippen molar-refractivity contribution >= 4 is 23.2 Å². The van der Waals surface area contributed by atoms with Gasteiger partial charge in [0.05, 0.1) is 5.56 Å². The summed E-state index contributed by atoms with van der Waals surface area (Å²) < 4.78 is 0. The lowest BCUT2D eigenvalue weighted by Crippen LogP contribution is -2.33. The van der Waals surface area contributed by atoms with E-state index in [9.17, 15) is 4.79 Å². The maximum absolute atomic E-state index is 12.0. The normalized spacial score (nSPS) is 12.5. The molecule has 0 saturated heterocycles. The minimum Gasteiger partial charge on any atom is -0.398 e. The molecule has 1 aromatic carbocycles. The molecule has 0 aromatic heterocycles. The van der Waals surface area contributed by atoms with Crippen LogP contribution in [0.4, 0.5) is 5.69 Å². The molecule has 1 unspecified atom stereocenters. The molecule has 1 rings (SSSR count). The van der Waals surface area contributed by atoms with Gasteiger partial charge < -0.3 is 11.1 Å². The van der Waals surface area contributed by atoms with E-state index in [2.05, 4.69) is 19.2 Å². The molecule has 1 aromatic rings. The number of nitrogens with one attached hydrogen (secondary N) is 1. The standard InChI is InChI=1S/C14H21ClN2O/c1-9(2)4-5-10(3)17-14(18)12-7-6-11(15)8-13(12)16/h6-10H,4-5,16H2,1-3H3,(H,17,18). The van der Waals surface area contributed by atoms with E-state index >= 15 is 0 Å². The number of halogens is 1. The van der Waals surface area contributed by atoms with Crippen molar-refractivity contribution in [3.63, 3.8) is 0 Å². The molecule has 0 aliphatic carbocycles. The number of nitrogens with two attached hydrogens (primary N) is 1. The summed E-state index contributed by atoms with van der Waals surface area (Å²) >= 11 is 5.80. The molecule has 0 spiro atoms. The van der Waals surface area contributed by atoms with Crippen LogP contribution in [0.3, 0.4) is 0 Å². The molecule has 0 saturated carbocycles. The first-order chi connectivity index (χ1) is 8.40. The Labute approximate surface area is 114 Å². The van der Waals surface area contributed by atoms with Crippen molar-refractivity contribution < 1.29 is 4.79 Å². The van der Waals surface area contributed by atoms with Crippen LogP contribution in [-0.4, -0.2) is 11.9 Å². The van der Waals surface area contributed by atoms with Crippen molar-refractivity contribution in [3.05, 3.63) is 28.8 Å². The molecule has 3 nitrogen and oxygen atoms in total. The number of nitrogen functional groups attached to an aromatic ring is 1. The van der Waals surface area contributed by atoms with Crippen molar-refractivity contribution in [2.45, 2.75) is 39.7 Å². The third-order valence-electron chi connectivity index (χ3n) is 2.81. The van der Waals surface area contributed by atoms with Crippen molar-refractivity contribution in [2.24, 2.45) is 5.92 Å². The SMILES string of the molecule is CC(C)CCC(C)NC(=O)c1ccc(Cl)cc1N. The zero-order valence-electron chi connectivity index (χ0n) is 11.2. The monoisotopic (exact) mass is 268 g/mol.